The van der Waals surface area contributed by atoms with Gasteiger partial charge in [-0.25, -0.2) is 0 Å². The number of hydrogen-bond donors (Lipinski definition) is 2. The molecule has 2 N–H and O–H groups in total. The number of nitriles is 1. The number of aliphatic hydroxyl groups excluding tert-OH is 1. The maximum absolute atomic E-state index is 12.1. The Labute approximate surface area is 119 Å². The summed E-state index contributed by atoms with van der Waals surface area (Å²) in [5.74, 6) is -0.208. The first-order chi connectivity index (χ1) is 9.60. The lowest BCUT2D eigenvalue weighted by Gasteiger charge is -2.22. The lowest BCUT2D eigenvalue weighted by Crippen LogP contribution is -2.38. The summed E-state index contributed by atoms with van der Waals surface area (Å²) in [5, 5.41) is 20.9. The molecule has 0 bridgehead atoms. The molecule has 5 heteroatoms. The fraction of sp³-hybridized carbons (Fsp3) is 0.467. The predicted molar refractivity (Wildman–Crippen MR) is 77.9 cm³/mol. The maximum atomic E-state index is 12.1. The van der Waals surface area contributed by atoms with Crippen LogP contribution < -0.4 is 5.32 Å². The van der Waals surface area contributed by atoms with E-state index in [1.807, 2.05) is 31.2 Å². The van der Waals surface area contributed by atoms with E-state index in [1.54, 1.807) is 11.8 Å². The first-order valence-electron chi connectivity index (χ1n) is 6.71. The van der Waals surface area contributed by atoms with E-state index in [0.29, 0.717) is 13.1 Å². The van der Waals surface area contributed by atoms with Crippen LogP contribution in [0.4, 0.5) is 5.69 Å². The Morgan fingerprint density at radius 3 is 2.90 bits per heavy atom. The first kappa shape index (κ1) is 16.0. The third-order valence-electron chi connectivity index (χ3n) is 3.00. The minimum Gasteiger partial charge on any atom is -0.392 e. The molecule has 108 valence electrons. The highest BCUT2D eigenvalue weighted by atomic mass is 16.3. The van der Waals surface area contributed by atoms with Crippen molar-refractivity contribution in [1.29, 1.82) is 5.26 Å². The van der Waals surface area contributed by atoms with Gasteiger partial charge in [0.25, 0.3) is 0 Å². The highest BCUT2D eigenvalue weighted by molar-refractivity contribution is 5.80. The van der Waals surface area contributed by atoms with Gasteiger partial charge in [-0.3, -0.25) is 4.79 Å². The van der Waals surface area contributed by atoms with E-state index in [2.05, 4.69) is 11.4 Å². The van der Waals surface area contributed by atoms with Gasteiger partial charge in [0.1, 0.15) is 0 Å². The molecule has 0 aliphatic heterocycles. The molecule has 1 atom stereocenters. The zero-order chi connectivity index (χ0) is 15.0. The number of rotatable bonds is 7. The van der Waals surface area contributed by atoms with Crippen molar-refractivity contribution >= 4 is 11.6 Å². The van der Waals surface area contributed by atoms with E-state index in [4.69, 9.17) is 10.4 Å². The van der Waals surface area contributed by atoms with E-state index < -0.39 is 0 Å². The Balaban J connectivity index is 2.54. The number of likely N-dealkylation sites (N-methyl/N-ethyl adjacent to an activating group) is 1. The smallest absolute Gasteiger partial charge is 0.241 e. The molecule has 1 aromatic rings. The van der Waals surface area contributed by atoms with Crippen molar-refractivity contribution in [3.05, 3.63) is 29.8 Å². The van der Waals surface area contributed by atoms with Gasteiger partial charge in [0, 0.05) is 18.8 Å². The average Bonchev–Trinajstić information content (AvgIpc) is 2.50. The van der Waals surface area contributed by atoms with Crippen molar-refractivity contribution in [2.45, 2.75) is 20.5 Å². The second-order valence-electron chi connectivity index (χ2n) is 4.67. The summed E-state index contributed by atoms with van der Waals surface area (Å²) in [7, 11) is 0. The van der Waals surface area contributed by atoms with Crippen LogP contribution in [0.15, 0.2) is 24.3 Å². The molecule has 1 amide bonds. The SMILES string of the molecule is CCN(CC(C)C#N)C(=O)CNc1cccc(CO)c1. The number of carbonyl (C=O) groups is 1. The summed E-state index contributed by atoms with van der Waals surface area (Å²) in [5.41, 5.74) is 1.60. The third kappa shape index (κ3) is 4.90. The summed E-state index contributed by atoms with van der Waals surface area (Å²) in [4.78, 5) is 13.7. The lowest BCUT2D eigenvalue weighted by molar-refractivity contribution is -0.129. The van der Waals surface area contributed by atoms with Crippen molar-refractivity contribution in [2.75, 3.05) is 25.0 Å². The van der Waals surface area contributed by atoms with Gasteiger partial charge in [-0.15, -0.1) is 0 Å². The molecule has 1 aromatic carbocycles. The first-order valence-corrected chi connectivity index (χ1v) is 6.71. The van der Waals surface area contributed by atoms with Crippen LogP contribution in [-0.2, 0) is 11.4 Å². The molecular weight excluding hydrogens is 254 g/mol. The van der Waals surface area contributed by atoms with E-state index in [9.17, 15) is 4.79 Å². The monoisotopic (exact) mass is 275 g/mol. The van der Waals surface area contributed by atoms with Crippen molar-refractivity contribution in [2.24, 2.45) is 5.92 Å². The zero-order valence-electron chi connectivity index (χ0n) is 12.0. The average molecular weight is 275 g/mol. The Bertz CT molecular complexity index is 482. The van der Waals surface area contributed by atoms with Gasteiger partial charge in [-0.05, 0) is 31.5 Å². The quantitative estimate of drug-likeness (QED) is 0.792. The maximum Gasteiger partial charge on any atom is 0.241 e. The molecule has 1 unspecified atom stereocenters. The zero-order valence-corrected chi connectivity index (χ0v) is 12.0. The number of benzene rings is 1. The fourth-order valence-corrected chi connectivity index (χ4v) is 1.85. The molecule has 0 heterocycles. The number of aliphatic hydroxyl groups is 1. The van der Waals surface area contributed by atoms with Crippen molar-refractivity contribution in [3.63, 3.8) is 0 Å². The molecule has 5 nitrogen and oxygen atoms in total. The van der Waals surface area contributed by atoms with Gasteiger partial charge in [0.2, 0.25) is 5.91 Å². The van der Waals surface area contributed by atoms with Crippen LogP contribution >= 0.6 is 0 Å². The summed E-state index contributed by atoms with van der Waals surface area (Å²) < 4.78 is 0. The highest BCUT2D eigenvalue weighted by Crippen LogP contribution is 2.10. The molecule has 0 fully saturated rings. The van der Waals surface area contributed by atoms with Crippen LogP contribution in [0.3, 0.4) is 0 Å². The minimum absolute atomic E-state index is 0.0236. The molecule has 0 aliphatic carbocycles. The van der Waals surface area contributed by atoms with Gasteiger partial charge in [-0.2, -0.15) is 5.26 Å². The predicted octanol–water partition coefficient (Wildman–Crippen LogP) is 1.60. The van der Waals surface area contributed by atoms with Gasteiger partial charge >= 0.3 is 0 Å². The number of amides is 1. The van der Waals surface area contributed by atoms with E-state index in [-0.39, 0.29) is 25.0 Å². The van der Waals surface area contributed by atoms with Gasteiger partial charge < -0.3 is 15.3 Å². The highest BCUT2D eigenvalue weighted by Gasteiger charge is 2.14. The molecule has 0 saturated carbocycles. The Kier molecular flexibility index (Phi) is 6.54. The summed E-state index contributed by atoms with van der Waals surface area (Å²) in [6.07, 6.45) is 0. The second kappa shape index (κ2) is 8.18. The Morgan fingerprint density at radius 1 is 1.55 bits per heavy atom. The number of carbonyl (C=O) groups excluding carboxylic acids is 1. The van der Waals surface area contributed by atoms with Crippen LogP contribution in [0.1, 0.15) is 19.4 Å². The molecule has 20 heavy (non-hydrogen) atoms. The second-order valence-corrected chi connectivity index (χ2v) is 4.67. The van der Waals surface area contributed by atoms with E-state index in [0.717, 1.165) is 11.3 Å². The summed E-state index contributed by atoms with van der Waals surface area (Å²) in [6.45, 7) is 4.89. The van der Waals surface area contributed by atoms with Crippen LogP contribution in [-0.4, -0.2) is 35.5 Å². The molecule has 0 aliphatic rings. The molecule has 0 spiro atoms. The van der Waals surface area contributed by atoms with Gasteiger partial charge in [0.05, 0.1) is 25.1 Å². The number of nitrogens with zero attached hydrogens (tertiary/aromatic N) is 2. The van der Waals surface area contributed by atoms with Crippen LogP contribution in [0.2, 0.25) is 0 Å². The van der Waals surface area contributed by atoms with Crippen molar-refractivity contribution in [1.82, 2.24) is 4.90 Å². The largest absolute Gasteiger partial charge is 0.392 e. The van der Waals surface area contributed by atoms with Crippen LogP contribution in [0, 0.1) is 17.2 Å². The number of anilines is 1. The third-order valence-corrected chi connectivity index (χ3v) is 3.00. The summed E-state index contributed by atoms with van der Waals surface area (Å²) >= 11 is 0. The van der Waals surface area contributed by atoms with Crippen molar-refractivity contribution in [3.8, 4) is 6.07 Å². The molecular formula is C15H21N3O2. The van der Waals surface area contributed by atoms with Gasteiger partial charge in [0.15, 0.2) is 0 Å². The number of hydrogen-bond acceptors (Lipinski definition) is 4. The normalized spacial score (nSPS) is 11.5. The lowest BCUT2D eigenvalue weighted by atomic mass is 10.2. The topological polar surface area (TPSA) is 76.4 Å². The van der Waals surface area contributed by atoms with Crippen LogP contribution in [0.5, 0.6) is 0 Å². The Hall–Kier alpha value is -2.06. The molecule has 0 aromatic heterocycles. The summed E-state index contributed by atoms with van der Waals surface area (Å²) in [6, 6.07) is 9.43. The van der Waals surface area contributed by atoms with Crippen molar-refractivity contribution < 1.29 is 9.90 Å². The molecule has 0 radical (unpaired) electrons. The van der Waals surface area contributed by atoms with Crippen LogP contribution in [0.25, 0.3) is 0 Å². The minimum atomic E-state index is -0.170. The fourth-order valence-electron chi connectivity index (χ4n) is 1.85. The van der Waals surface area contributed by atoms with E-state index in [1.165, 1.54) is 0 Å². The molecule has 0 saturated heterocycles. The molecule has 1 rings (SSSR count). The van der Waals surface area contributed by atoms with E-state index >= 15 is 0 Å². The van der Waals surface area contributed by atoms with Gasteiger partial charge in [-0.1, -0.05) is 12.1 Å². The standard InChI is InChI=1S/C15H21N3O2/c1-3-18(10-12(2)8-16)15(20)9-17-14-6-4-5-13(7-14)11-19/h4-7,12,17,19H,3,9-11H2,1-2H3. The number of nitrogens with one attached hydrogen (secondary N) is 1. The Morgan fingerprint density at radius 2 is 2.30 bits per heavy atom.